The van der Waals surface area contributed by atoms with Crippen LogP contribution < -0.4 is 0 Å². The van der Waals surface area contributed by atoms with Crippen LogP contribution in [0.2, 0.25) is 0 Å². The molecule has 2 aliphatic heterocycles. The first-order chi connectivity index (χ1) is 9.06. The molecule has 2 aliphatic rings. The lowest BCUT2D eigenvalue weighted by molar-refractivity contribution is -0.142. The zero-order valence-corrected chi connectivity index (χ0v) is 10.4. The number of carboxylic acids is 1. The predicted octanol–water partition coefficient (Wildman–Crippen LogP) is 2.40. The molecule has 0 radical (unpaired) electrons. The molecule has 0 spiro atoms. The van der Waals surface area contributed by atoms with Crippen LogP contribution in [-0.2, 0) is 11.3 Å². The summed E-state index contributed by atoms with van der Waals surface area (Å²) in [5.41, 5.74) is 0.435. The van der Waals surface area contributed by atoms with Crippen LogP contribution >= 0.6 is 0 Å². The Labute approximate surface area is 109 Å². The van der Waals surface area contributed by atoms with Crippen molar-refractivity contribution in [2.75, 3.05) is 0 Å². The van der Waals surface area contributed by atoms with Gasteiger partial charge in [0, 0.05) is 30.3 Å². The maximum atomic E-state index is 13.7. The van der Waals surface area contributed by atoms with Crippen molar-refractivity contribution in [3.05, 3.63) is 35.4 Å². The van der Waals surface area contributed by atoms with Crippen molar-refractivity contribution in [1.29, 1.82) is 0 Å². The summed E-state index contributed by atoms with van der Waals surface area (Å²) in [6, 6.07) is 3.77. The molecule has 2 saturated heterocycles. The third-order valence-corrected chi connectivity index (χ3v) is 4.37. The summed E-state index contributed by atoms with van der Waals surface area (Å²) in [4.78, 5) is 13.2. The van der Waals surface area contributed by atoms with E-state index in [4.69, 9.17) is 5.11 Å². The minimum Gasteiger partial charge on any atom is -0.481 e. The van der Waals surface area contributed by atoms with Gasteiger partial charge in [0.05, 0.1) is 5.92 Å². The topological polar surface area (TPSA) is 40.5 Å². The standard InChI is InChI=1S/C14H15F2NO2/c15-9-2-1-8(12(16)5-9)7-17-10-3-4-13(17)11(6-10)14(18)19/h1-2,5,10-11,13H,3-4,6-7H2,(H,18,19). The van der Waals surface area contributed by atoms with Gasteiger partial charge < -0.3 is 5.11 Å². The minimum absolute atomic E-state index is 0.00745. The van der Waals surface area contributed by atoms with Crippen LogP contribution in [0.15, 0.2) is 18.2 Å². The highest BCUT2D eigenvalue weighted by Crippen LogP contribution is 2.42. The van der Waals surface area contributed by atoms with Crippen LogP contribution in [0.25, 0.3) is 0 Å². The maximum absolute atomic E-state index is 13.7. The first-order valence-corrected chi connectivity index (χ1v) is 6.48. The van der Waals surface area contributed by atoms with E-state index in [0.29, 0.717) is 18.5 Å². The second-order valence-corrected chi connectivity index (χ2v) is 5.39. The minimum atomic E-state index is -0.767. The first-order valence-electron chi connectivity index (χ1n) is 6.48. The summed E-state index contributed by atoms with van der Waals surface area (Å²) in [6.45, 7) is 0.366. The van der Waals surface area contributed by atoms with E-state index >= 15 is 0 Å². The van der Waals surface area contributed by atoms with Gasteiger partial charge in [-0.15, -0.1) is 0 Å². The number of halogens is 2. The summed E-state index contributed by atoms with van der Waals surface area (Å²) in [5.74, 6) is -2.26. The molecule has 3 rings (SSSR count). The molecule has 0 aliphatic carbocycles. The van der Waals surface area contributed by atoms with Crippen molar-refractivity contribution in [2.24, 2.45) is 5.92 Å². The molecule has 1 aromatic carbocycles. The van der Waals surface area contributed by atoms with E-state index in [9.17, 15) is 13.6 Å². The Balaban J connectivity index is 1.79. The van der Waals surface area contributed by atoms with Gasteiger partial charge in [0.1, 0.15) is 11.6 Å². The van der Waals surface area contributed by atoms with Crippen LogP contribution in [0.1, 0.15) is 24.8 Å². The monoisotopic (exact) mass is 267 g/mol. The fraction of sp³-hybridized carbons (Fsp3) is 0.500. The highest BCUT2D eigenvalue weighted by Gasteiger charge is 2.49. The number of nitrogens with zero attached hydrogens (tertiary/aromatic N) is 1. The van der Waals surface area contributed by atoms with Gasteiger partial charge in [-0.05, 0) is 25.3 Å². The van der Waals surface area contributed by atoms with Gasteiger partial charge in [-0.2, -0.15) is 0 Å². The Morgan fingerprint density at radius 2 is 2.16 bits per heavy atom. The Kier molecular flexibility index (Phi) is 3.01. The van der Waals surface area contributed by atoms with E-state index in [0.717, 1.165) is 18.9 Å². The van der Waals surface area contributed by atoms with Gasteiger partial charge in [-0.3, -0.25) is 9.69 Å². The molecule has 3 unspecified atom stereocenters. The van der Waals surface area contributed by atoms with Gasteiger partial charge in [0.2, 0.25) is 0 Å². The smallest absolute Gasteiger partial charge is 0.308 e. The molecule has 0 aromatic heterocycles. The summed E-state index contributed by atoms with van der Waals surface area (Å²) >= 11 is 0. The maximum Gasteiger partial charge on any atom is 0.308 e. The molecule has 2 heterocycles. The third-order valence-electron chi connectivity index (χ3n) is 4.37. The highest BCUT2D eigenvalue weighted by molar-refractivity contribution is 5.71. The molecule has 3 atom stereocenters. The van der Waals surface area contributed by atoms with Crippen molar-refractivity contribution in [3.63, 3.8) is 0 Å². The van der Waals surface area contributed by atoms with Crippen molar-refractivity contribution < 1.29 is 18.7 Å². The zero-order chi connectivity index (χ0) is 13.6. The fourth-order valence-electron chi connectivity index (χ4n) is 3.46. The number of carbonyl (C=O) groups is 1. The Morgan fingerprint density at radius 3 is 2.79 bits per heavy atom. The molecule has 0 saturated carbocycles. The van der Waals surface area contributed by atoms with E-state index < -0.39 is 17.6 Å². The average molecular weight is 267 g/mol. The van der Waals surface area contributed by atoms with Crippen LogP contribution in [0, 0.1) is 17.6 Å². The molecule has 1 aromatic rings. The van der Waals surface area contributed by atoms with E-state index in [1.807, 2.05) is 0 Å². The van der Waals surface area contributed by atoms with E-state index in [2.05, 4.69) is 4.90 Å². The van der Waals surface area contributed by atoms with Crippen molar-refractivity contribution >= 4 is 5.97 Å². The zero-order valence-electron chi connectivity index (χ0n) is 10.4. The third kappa shape index (κ3) is 2.12. The normalized spacial score (nSPS) is 29.9. The quantitative estimate of drug-likeness (QED) is 0.914. The van der Waals surface area contributed by atoms with E-state index in [-0.39, 0.29) is 18.0 Å². The highest BCUT2D eigenvalue weighted by atomic mass is 19.1. The van der Waals surface area contributed by atoms with Gasteiger partial charge in [-0.1, -0.05) is 6.07 Å². The number of aliphatic carboxylic acids is 1. The average Bonchev–Trinajstić information content (AvgIpc) is 2.90. The molecular weight excluding hydrogens is 252 g/mol. The molecule has 2 fully saturated rings. The van der Waals surface area contributed by atoms with Crippen LogP contribution in [-0.4, -0.2) is 28.1 Å². The van der Waals surface area contributed by atoms with Gasteiger partial charge >= 0.3 is 5.97 Å². The van der Waals surface area contributed by atoms with Crippen LogP contribution in [0.3, 0.4) is 0 Å². The number of rotatable bonds is 3. The Morgan fingerprint density at radius 1 is 1.37 bits per heavy atom. The molecule has 2 bridgehead atoms. The van der Waals surface area contributed by atoms with E-state index in [1.54, 1.807) is 0 Å². The van der Waals surface area contributed by atoms with Crippen molar-refractivity contribution in [3.8, 4) is 0 Å². The van der Waals surface area contributed by atoms with Crippen LogP contribution in [0.4, 0.5) is 8.78 Å². The molecule has 19 heavy (non-hydrogen) atoms. The van der Waals surface area contributed by atoms with Gasteiger partial charge in [0.15, 0.2) is 0 Å². The largest absolute Gasteiger partial charge is 0.481 e. The molecular formula is C14H15F2NO2. The second kappa shape index (κ2) is 4.56. The number of fused-ring (bicyclic) bond motifs is 2. The lowest BCUT2D eigenvalue weighted by Gasteiger charge is -2.22. The Hall–Kier alpha value is -1.49. The van der Waals surface area contributed by atoms with E-state index in [1.165, 1.54) is 12.1 Å². The summed E-state index contributed by atoms with van der Waals surface area (Å²) in [7, 11) is 0. The SMILES string of the molecule is O=C(O)C1CC2CCC1N2Cc1ccc(F)cc1F. The lowest BCUT2D eigenvalue weighted by atomic mass is 9.89. The van der Waals surface area contributed by atoms with Gasteiger partial charge in [-0.25, -0.2) is 8.78 Å². The molecule has 1 N–H and O–H groups in total. The van der Waals surface area contributed by atoms with Gasteiger partial charge in [0.25, 0.3) is 0 Å². The molecule has 5 heteroatoms. The van der Waals surface area contributed by atoms with Crippen molar-refractivity contribution in [2.45, 2.75) is 37.9 Å². The summed E-state index contributed by atoms with van der Waals surface area (Å²) in [6.07, 6.45) is 2.46. The number of benzene rings is 1. The molecule has 3 nitrogen and oxygen atoms in total. The predicted molar refractivity (Wildman–Crippen MR) is 64.5 cm³/mol. The summed E-state index contributed by atoms with van der Waals surface area (Å²) < 4.78 is 26.5. The molecule has 102 valence electrons. The lowest BCUT2D eigenvalue weighted by Crippen LogP contribution is -2.32. The second-order valence-electron chi connectivity index (χ2n) is 5.39. The van der Waals surface area contributed by atoms with Crippen molar-refractivity contribution in [1.82, 2.24) is 4.90 Å². The fourth-order valence-corrected chi connectivity index (χ4v) is 3.46. The number of hydrogen-bond donors (Lipinski definition) is 1. The first kappa shape index (κ1) is 12.5. The summed E-state index contributed by atoms with van der Waals surface area (Å²) in [5, 5.41) is 9.16. The number of hydrogen-bond acceptors (Lipinski definition) is 2. The molecule has 0 amide bonds. The number of carboxylic acid groups (broad SMARTS) is 1. The van der Waals surface area contributed by atoms with Crippen LogP contribution in [0.5, 0.6) is 0 Å². The Bertz CT molecular complexity index is 520.